The number of benzene rings is 3. The van der Waals surface area contributed by atoms with Gasteiger partial charge in [-0.3, -0.25) is 4.79 Å². The van der Waals surface area contributed by atoms with Gasteiger partial charge in [0.15, 0.2) is 0 Å². The number of carbonyl (C=O) groups excluding carboxylic acids is 3. The first kappa shape index (κ1) is 24.5. The van der Waals surface area contributed by atoms with Crippen molar-refractivity contribution in [2.75, 3.05) is 13.4 Å². The SMILES string of the molecule is COc1ccc(OC(=O)c2ccccc2)c2c1C[C@@](SC)(C(C)=O)C[C@@H]2OC(=O)c1ccccc1. The molecule has 35 heavy (non-hydrogen) atoms. The fraction of sp³-hybridized carbons (Fsp3) is 0.250. The maximum atomic E-state index is 13.0. The van der Waals surface area contributed by atoms with Gasteiger partial charge < -0.3 is 14.2 Å². The van der Waals surface area contributed by atoms with Crippen LogP contribution in [-0.4, -0.2) is 35.8 Å². The third-order valence-corrected chi connectivity index (χ3v) is 7.68. The topological polar surface area (TPSA) is 78.9 Å². The van der Waals surface area contributed by atoms with E-state index in [2.05, 4.69) is 0 Å². The Bertz CT molecular complexity index is 1240. The number of fused-ring (bicyclic) bond motifs is 1. The maximum Gasteiger partial charge on any atom is 0.343 e. The third-order valence-electron chi connectivity index (χ3n) is 6.30. The molecule has 180 valence electrons. The fourth-order valence-corrected chi connectivity index (χ4v) is 5.26. The second kappa shape index (κ2) is 10.4. The summed E-state index contributed by atoms with van der Waals surface area (Å²) in [4.78, 5) is 38.7. The average Bonchev–Trinajstić information content (AvgIpc) is 2.89. The van der Waals surface area contributed by atoms with Crippen LogP contribution in [0.4, 0.5) is 0 Å². The first-order valence-electron chi connectivity index (χ1n) is 11.2. The van der Waals surface area contributed by atoms with Gasteiger partial charge in [-0.05, 0) is 56.0 Å². The van der Waals surface area contributed by atoms with E-state index in [1.54, 1.807) is 74.7 Å². The molecule has 0 heterocycles. The van der Waals surface area contributed by atoms with E-state index in [9.17, 15) is 14.4 Å². The second-order valence-corrected chi connectivity index (χ2v) is 9.50. The maximum absolute atomic E-state index is 13.0. The van der Waals surface area contributed by atoms with Crippen molar-refractivity contribution in [1.29, 1.82) is 0 Å². The molecule has 1 aliphatic carbocycles. The smallest absolute Gasteiger partial charge is 0.343 e. The molecule has 6 nitrogen and oxygen atoms in total. The number of methoxy groups -OCH3 is 1. The van der Waals surface area contributed by atoms with Crippen LogP contribution in [0, 0.1) is 0 Å². The Balaban J connectivity index is 1.81. The molecule has 0 amide bonds. The molecular formula is C28H26O6S. The van der Waals surface area contributed by atoms with Crippen molar-refractivity contribution in [3.05, 3.63) is 95.1 Å². The Kier molecular flexibility index (Phi) is 7.26. The summed E-state index contributed by atoms with van der Waals surface area (Å²) >= 11 is 1.42. The number of hydrogen-bond acceptors (Lipinski definition) is 7. The molecule has 0 aliphatic heterocycles. The Labute approximate surface area is 208 Å². The van der Waals surface area contributed by atoms with Crippen molar-refractivity contribution in [3.8, 4) is 11.5 Å². The van der Waals surface area contributed by atoms with Crippen molar-refractivity contribution in [2.24, 2.45) is 0 Å². The molecule has 0 fully saturated rings. The van der Waals surface area contributed by atoms with E-state index in [0.717, 1.165) is 0 Å². The van der Waals surface area contributed by atoms with E-state index in [4.69, 9.17) is 14.2 Å². The fourth-order valence-electron chi connectivity index (χ4n) is 4.37. The van der Waals surface area contributed by atoms with E-state index in [1.165, 1.54) is 11.8 Å². The van der Waals surface area contributed by atoms with E-state index in [-0.39, 0.29) is 18.0 Å². The summed E-state index contributed by atoms with van der Waals surface area (Å²) in [6.45, 7) is 1.54. The molecule has 0 aromatic heterocycles. The Hall–Kier alpha value is -3.58. The van der Waals surface area contributed by atoms with Gasteiger partial charge in [-0.25, -0.2) is 9.59 Å². The summed E-state index contributed by atoms with van der Waals surface area (Å²) in [7, 11) is 1.54. The Morgan fingerprint density at radius 3 is 1.97 bits per heavy atom. The van der Waals surface area contributed by atoms with Gasteiger partial charge in [-0.2, -0.15) is 11.8 Å². The standard InChI is InChI=1S/C28H26O6S/c1-18(29)28(35-3)16-21-22(32-2)14-15-23(33-26(30)19-10-6-4-7-11-19)25(21)24(17-28)34-27(31)20-12-8-5-9-13-20/h4-15,24H,16-17H2,1-3H3/t24-,28-/m0/s1. The molecule has 1 aliphatic rings. The summed E-state index contributed by atoms with van der Waals surface area (Å²) in [5.74, 6) is -0.256. The molecule has 4 rings (SSSR count). The molecule has 0 saturated heterocycles. The van der Waals surface area contributed by atoms with Crippen LogP contribution in [0.3, 0.4) is 0 Å². The van der Waals surface area contributed by atoms with Crippen molar-refractivity contribution in [3.63, 3.8) is 0 Å². The van der Waals surface area contributed by atoms with Crippen LogP contribution < -0.4 is 9.47 Å². The quantitative estimate of drug-likeness (QED) is 0.322. The number of hydrogen-bond donors (Lipinski definition) is 0. The van der Waals surface area contributed by atoms with Crippen molar-refractivity contribution in [2.45, 2.75) is 30.6 Å². The van der Waals surface area contributed by atoms with Gasteiger partial charge in [0.25, 0.3) is 0 Å². The molecule has 3 aromatic carbocycles. The lowest BCUT2D eigenvalue weighted by molar-refractivity contribution is -0.120. The molecule has 7 heteroatoms. The minimum atomic E-state index is -0.823. The largest absolute Gasteiger partial charge is 0.496 e. The number of esters is 2. The molecule has 0 bridgehead atoms. The second-order valence-electron chi connectivity index (χ2n) is 8.31. The van der Waals surface area contributed by atoms with E-state index >= 15 is 0 Å². The third kappa shape index (κ3) is 4.95. The van der Waals surface area contributed by atoms with E-state index < -0.39 is 22.8 Å². The molecule has 0 saturated carbocycles. The molecule has 2 atom stereocenters. The van der Waals surface area contributed by atoms with Crippen LogP contribution in [0.25, 0.3) is 0 Å². The zero-order chi connectivity index (χ0) is 25.0. The van der Waals surface area contributed by atoms with Crippen molar-refractivity contribution < 1.29 is 28.6 Å². The summed E-state index contributed by atoms with van der Waals surface area (Å²) in [6.07, 6.45) is 1.65. The van der Waals surface area contributed by atoms with Gasteiger partial charge in [0.1, 0.15) is 23.4 Å². The molecule has 3 aromatic rings. The lowest BCUT2D eigenvalue weighted by atomic mass is 9.78. The predicted octanol–water partition coefficient (Wildman–Crippen LogP) is 5.45. The average molecular weight is 491 g/mol. The first-order valence-corrected chi connectivity index (χ1v) is 12.4. The van der Waals surface area contributed by atoms with Gasteiger partial charge in [0, 0.05) is 17.5 Å². The number of rotatable bonds is 7. The zero-order valence-electron chi connectivity index (χ0n) is 19.8. The molecular weight excluding hydrogens is 464 g/mol. The van der Waals surface area contributed by atoms with Crippen LogP contribution in [0.15, 0.2) is 72.8 Å². The van der Waals surface area contributed by atoms with Gasteiger partial charge in [0.2, 0.25) is 0 Å². The number of carbonyl (C=O) groups is 3. The number of ether oxygens (including phenoxy) is 3. The molecule has 0 spiro atoms. The van der Waals surface area contributed by atoms with Crippen molar-refractivity contribution in [1.82, 2.24) is 0 Å². The van der Waals surface area contributed by atoms with Gasteiger partial charge in [0.05, 0.1) is 23.0 Å². The van der Waals surface area contributed by atoms with Gasteiger partial charge >= 0.3 is 11.9 Å². The number of ketones is 1. The van der Waals surface area contributed by atoms with Crippen LogP contribution in [0.2, 0.25) is 0 Å². The highest BCUT2D eigenvalue weighted by Crippen LogP contribution is 2.50. The number of Topliss-reactive ketones (excluding diaryl/α,β-unsaturated/α-hetero) is 1. The lowest BCUT2D eigenvalue weighted by Gasteiger charge is -2.39. The summed E-state index contributed by atoms with van der Waals surface area (Å²) < 4.78 is 16.6. The van der Waals surface area contributed by atoms with Crippen molar-refractivity contribution >= 4 is 29.5 Å². The minimum Gasteiger partial charge on any atom is -0.496 e. The van der Waals surface area contributed by atoms with E-state index in [0.29, 0.717) is 34.4 Å². The zero-order valence-corrected chi connectivity index (χ0v) is 20.6. The van der Waals surface area contributed by atoms with Crippen LogP contribution in [0.5, 0.6) is 11.5 Å². The summed E-state index contributed by atoms with van der Waals surface area (Å²) in [6, 6.07) is 20.7. The highest BCUT2D eigenvalue weighted by molar-refractivity contribution is 8.00. The predicted molar refractivity (Wildman–Crippen MR) is 134 cm³/mol. The highest BCUT2D eigenvalue weighted by atomic mass is 32.2. The van der Waals surface area contributed by atoms with Crippen LogP contribution in [-0.2, 0) is 16.0 Å². The molecule has 0 unspecified atom stereocenters. The van der Waals surface area contributed by atoms with Crippen LogP contribution >= 0.6 is 11.8 Å². The lowest BCUT2D eigenvalue weighted by Crippen LogP contribution is -2.42. The normalized spacial score (nSPS) is 18.8. The van der Waals surface area contributed by atoms with Gasteiger partial charge in [-0.1, -0.05) is 36.4 Å². The first-order chi connectivity index (χ1) is 16.9. The van der Waals surface area contributed by atoms with Crippen LogP contribution in [0.1, 0.15) is 51.3 Å². The summed E-state index contributed by atoms with van der Waals surface area (Å²) in [5, 5.41) is 0. The number of thioether (sulfide) groups is 1. The Morgan fingerprint density at radius 2 is 1.43 bits per heavy atom. The highest BCUT2D eigenvalue weighted by Gasteiger charge is 2.46. The van der Waals surface area contributed by atoms with Gasteiger partial charge in [-0.15, -0.1) is 0 Å². The minimum absolute atomic E-state index is 0.0230. The Morgan fingerprint density at radius 1 is 0.857 bits per heavy atom. The molecule has 0 radical (unpaired) electrons. The molecule has 0 N–H and O–H groups in total. The van der Waals surface area contributed by atoms with E-state index in [1.807, 2.05) is 18.4 Å². The summed E-state index contributed by atoms with van der Waals surface area (Å²) in [5.41, 5.74) is 2.02. The monoisotopic (exact) mass is 490 g/mol.